The van der Waals surface area contributed by atoms with Gasteiger partial charge in [-0.3, -0.25) is 4.79 Å². The third kappa shape index (κ3) is 3.32. The minimum absolute atomic E-state index is 0.202. The summed E-state index contributed by atoms with van der Waals surface area (Å²) in [5.74, 6) is 1.75. The first-order chi connectivity index (χ1) is 13.8. The van der Waals surface area contributed by atoms with Gasteiger partial charge in [0.25, 0.3) is 11.1 Å². The van der Waals surface area contributed by atoms with Crippen LogP contribution in [0.1, 0.15) is 38.5 Å². The normalized spacial score (nSPS) is 22.4. The average molecular weight is 397 g/mol. The largest absolute Gasteiger partial charge is 0.411 e. The minimum atomic E-state index is 0.202. The summed E-state index contributed by atoms with van der Waals surface area (Å²) in [5, 5.41) is 9.82. The fourth-order valence-corrected chi connectivity index (χ4v) is 5.42. The molecule has 0 spiro atoms. The summed E-state index contributed by atoms with van der Waals surface area (Å²) in [7, 11) is 0. The molecule has 0 radical (unpaired) electrons. The summed E-state index contributed by atoms with van der Waals surface area (Å²) >= 11 is 1.34. The van der Waals surface area contributed by atoms with Crippen LogP contribution in [-0.4, -0.2) is 44.3 Å². The number of hydrogen-bond donors (Lipinski definition) is 1. The molecule has 1 aliphatic heterocycles. The van der Waals surface area contributed by atoms with Gasteiger partial charge in [0.2, 0.25) is 5.91 Å². The van der Waals surface area contributed by atoms with E-state index in [0.29, 0.717) is 28.8 Å². The summed E-state index contributed by atoms with van der Waals surface area (Å²) in [6.07, 6.45) is 9.29. The minimum Gasteiger partial charge on any atom is -0.411 e. The number of fused-ring (bicyclic) bond motifs is 2. The molecule has 2 aliphatic rings. The van der Waals surface area contributed by atoms with Crippen molar-refractivity contribution in [3.63, 3.8) is 0 Å². The van der Waals surface area contributed by atoms with Crippen LogP contribution in [0, 0.1) is 5.92 Å². The molecule has 1 saturated carbocycles. The smallest absolute Gasteiger partial charge is 0.277 e. The van der Waals surface area contributed by atoms with Crippen molar-refractivity contribution in [3.05, 3.63) is 30.5 Å². The highest BCUT2D eigenvalue weighted by atomic mass is 32.2. The van der Waals surface area contributed by atoms with Crippen molar-refractivity contribution in [2.24, 2.45) is 5.92 Å². The van der Waals surface area contributed by atoms with Crippen molar-refractivity contribution in [2.45, 2.75) is 49.8 Å². The summed E-state index contributed by atoms with van der Waals surface area (Å²) < 4.78 is 5.83. The highest BCUT2D eigenvalue weighted by molar-refractivity contribution is 7.99. The van der Waals surface area contributed by atoms with Gasteiger partial charge in [-0.15, -0.1) is 10.2 Å². The molecular formula is C21H24N4O2S. The van der Waals surface area contributed by atoms with Crippen LogP contribution in [0.25, 0.3) is 22.4 Å². The number of thioether (sulfide) groups is 1. The molecule has 1 N–H and O–H groups in total. The van der Waals surface area contributed by atoms with Gasteiger partial charge in [0.15, 0.2) is 0 Å². The van der Waals surface area contributed by atoms with E-state index < -0.39 is 0 Å². The van der Waals surface area contributed by atoms with Gasteiger partial charge in [-0.2, -0.15) is 0 Å². The van der Waals surface area contributed by atoms with E-state index in [1.54, 1.807) is 0 Å². The van der Waals surface area contributed by atoms with Gasteiger partial charge in [-0.25, -0.2) is 0 Å². The summed E-state index contributed by atoms with van der Waals surface area (Å²) in [6, 6.07) is 8.46. The number of H-pyrrole nitrogens is 1. The van der Waals surface area contributed by atoms with E-state index in [4.69, 9.17) is 4.42 Å². The molecule has 146 valence electrons. The molecule has 6 nitrogen and oxygen atoms in total. The van der Waals surface area contributed by atoms with Crippen LogP contribution in [0.4, 0.5) is 0 Å². The topological polar surface area (TPSA) is 75.0 Å². The Morgan fingerprint density at radius 1 is 1.18 bits per heavy atom. The van der Waals surface area contributed by atoms with Gasteiger partial charge in [0, 0.05) is 29.7 Å². The predicted molar refractivity (Wildman–Crippen MR) is 109 cm³/mol. The first kappa shape index (κ1) is 17.8. The van der Waals surface area contributed by atoms with E-state index >= 15 is 0 Å². The Kier molecular flexibility index (Phi) is 4.84. The Morgan fingerprint density at radius 3 is 3.00 bits per heavy atom. The van der Waals surface area contributed by atoms with Crippen molar-refractivity contribution in [1.82, 2.24) is 20.1 Å². The van der Waals surface area contributed by atoms with Gasteiger partial charge in [0.1, 0.15) is 0 Å². The number of amides is 1. The Morgan fingerprint density at radius 2 is 2.04 bits per heavy atom. The van der Waals surface area contributed by atoms with Crippen molar-refractivity contribution >= 4 is 28.6 Å². The quantitative estimate of drug-likeness (QED) is 0.658. The van der Waals surface area contributed by atoms with E-state index in [-0.39, 0.29) is 5.91 Å². The SMILES string of the molecule is O=C(CSc1nnc(-c2c[nH]c3ccccc23)o1)N1CCC[C@H]2CCCC[C@@H]21. The number of rotatable bonds is 4. The number of aromatic nitrogens is 3. The molecule has 0 bridgehead atoms. The maximum Gasteiger partial charge on any atom is 0.277 e. The Bertz CT molecular complexity index is 980. The zero-order valence-electron chi connectivity index (χ0n) is 15.8. The van der Waals surface area contributed by atoms with Crippen LogP contribution >= 0.6 is 11.8 Å². The Labute approximate surface area is 168 Å². The van der Waals surface area contributed by atoms with E-state index in [9.17, 15) is 4.79 Å². The predicted octanol–water partition coefficient (Wildman–Crippen LogP) is 4.49. The van der Waals surface area contributed by atoms with Crippen molar-refractivity contribution < 1.29 is 9.21 Å². The molecule has 2 atom stereocenters. The number of hydrogen-bond acceptors (Lipinski definition) is 5. The van der Waals surface area contributed by atoms with Crippen molar-refractivity contribution in [2.75, 3.05) is 12.3 Å². The Hall–Kier alpha value is -2.28. The lowest BCUT2D eigenvalue weighted by atomic mass is 9.78. The fraction of sp³-hybridized carbons (Fsp3) is 0.476. The molecule has 28 heavy (non-hydrogen) atoms. The van der Waals surface area contributed by atoms with Crippen LogP contribution in [0.15, 0.2) is 40.1 Å². The van der Waals surface area contributed by atoms with Gasteiger partial charge < -0.3 is 14.3 Å². The van der Waals surface area contributed by atoms with Crippen molar-refractivity contribution in [1.29, 1.82) is 0 Å². The van der Waals surface area contributed by atoms with Crippen LogP contribution in [-0.2, 0) is 4.79 Å². The standard InChI is InChI=1S/C21H24N4O2S/c26-19(25-11-5-7-14-6-1-4-10-18(14)25)13-28-21-24-23-20(27-21)16-12-22-17-9-3-2-8-15(16)17/h2-3,8-9,12,14,18,22H,1,4-7,10-11,13H2/t14-,18+/m1/s1. The summed E-state index contributed by atoms with van der Waals surface area (Å²) in [5.41, 5.74) is 1.93. The number of benzene rings is 1. The van der Waals surface area contributed by atoms with Gasteiger partial charge in [-0.1, -0.05) is 42.8 Å². The Balaban J connectivity index is 1.25. The molecule has 3 heterocycles. The third-order valence-corrected chi connectivity index (χ3v) is 6.91. The number of nitrogens with one attached hydrogen (secondary N) is 1. The first-order valence-electron chi connectivity index (χ1n) is 10.1. The molecule has 5 rings (SSSR count). The van der Waals surface area contributed by atoms with Gasteiger partial charge in [0.05, 0.1) is 11.3 Å². The molecule has 7 heteroatoms. The molecule has 1 saturated heterocycles. The van der Waals surface area contributed by atoms with Crippen LogP contribution in [0.2, 0.25) is 0 Å². The van der Waals surface area contributed by atoms with Crippen LogP contribution in [0.3, 0.4) is 0 Å². The molecule has 2 fully saturated rings. The lowest BCUT2D eigenvalue weighted by Gasteiger charge is -2.44. The monoisotopic (exact) mass is 396 g/mol. The number of carbonyl (C=O) groups excluding carboxylic acids is 1. The molecule has 1 aliphatic carbocycles. The molecule has 0 unspecified atom stereocenters. The van der Waals surface area contributed by atoms with E-state index in [0.717, 1.165) is 35.9 Å². The first-order valence-corrected chi connectivity index (χ1v) is 11.1. The van der Waals surface area contributed by atoms with Crippen LogP contribution in [0.5, 0.6) is 0 Å². The highest BCUT2D eigenvalue weighted by Crippen LogP contribution is 2.36. The molecule has 3 aromatic rings. The maximum atomic E-state index is 12.8. The highest BCUT2D eigenvalue weighted by Gasteiger charge is 2.35. The zero-order chi connectivity index (χ0) is 18.9. The number of nitrogens with zero attached hydrogens (tertiary/aromatic N) is 3. The molecule has 1 amide bonds. The van der Waals surface area contributed by atoms with Crippen LogP contribution < -0.4 is 0 Å². The van der Waals surface area contributed by atoms with E-state index in [1.807, 2.05) is 30.5 Å². The number of likely N-dealkylation sites (tertiary alicyclic amines) is 1. The summed E-state index contributed by atoms with van der Waals surface area (Å²) in [6.45, 7) is 0.894. The maximum absolute atomic E-state index is 12.8. The lowest BCUT2D eigenvalue weighted by molar-refractivity contribution is -0.134. The second-order valence-corrected chi connectivity index (χ2v) is 8.68. The number of carbonyl (C=O) groups is 1. The molecule has 2 aromatic heterocycles. The second kappa shape index (κ2) is 7.62. The number of para-hydroxylation sites is 1. The van der Waals surface area contributed by atoms with E-state index in [1.165, 1.54) is 37.4 Å². The van der Waals surface area contributed by atoms with Gasteiger partial charge in [-0.05, 0) is 37.7 Å². The average Bonchev–Trinajstić information content (AvgIpc) is 3.38. The lowest BCUT2D eigenvalue weighted by Crippen LogP contribution is -2.50. The fourth-order valence-electron chi connectivity index (χ4n) is 4.77. The van der Waals surface area contributed by atoms with E-state index in [2.05, 4.69) is 20.1 Å². The summed E-state index contributed by atoms with van der Waals surface area (Å²) in [4.78, 5) is 18.2. The zero-order valence-corrected chi connectivity index (χ0v) is 16.6. The third-order valence-electron chi connectivity index (χ3n) is 6.11. The van der Waals surface area contributed by atoms with Crippen molar-refractivity contribution in [3.8, 4) is 11.5 Å². The second-order valence-electron chi connectivity index (χ2n) is 7.75. The van der Waals surface area contributed by atoms with Gasteiger partial charge >= 0.3 is 0 Å². The molecular weight excluding hydrogens is 372 g/mol. The molecule has 1 aromatic carbocycles. The number of aromatic amines is 1. The number of piperidine rings is 1.